The molecule has 2 aromatic rings. The van der Waals surface area contributed by atoms with Crippen molar-refractivity contribution in [3.63, 3.8) is 0 Å². The summed E-state index contributed by atoms with van der Waals surface area (Å²) in [6, 6.07) is 7.71. The molecule has 2 aliphatic rings. The highest BCUT2D eigenvalue weighted by Crippen LogP contribution is 2.34. The van der Waals surface area contributed by atoms with Gasteiger partial charge >= 0.3 is 0 Å². The lowest BCUT2D eigenvalue weighted by Gasteiger charge is -2.45. The minimum atomic E-state index is -0.975. The zero-order chi connectivity index (χ0) is 25.0. The smallest absolute Gasteiger partial charge is 0.271 e. The number of carbonyl (C=O) groups is 2. The summed E-state index contributed by atoms with van der Waals surface area (Å²) in [7, 11) is 0. The van der Waals surface area contributed by atoms with E-state index in [2.05, 4.69) is 31.0 Å². The molecule has 1 saturated carbocycles. The second kappa shape index (κ2) is 11.0. The zero-order valence-corrected chi connectivity index (χ0v) is 21.9. The van der Waals surface area contributed by atoms with Gasteiger partial charge in [0.2, 0.25) is 5.91 Å². The number of furan rings is 1. The number of unbranched alkanes of at least 4 members (excludes halogenated alkanes) is 1. The van der Waals surface area contributed by atoms with E-state index in [9.17, 15) is 9.59 Å². The predicted octanol–water partition coefficient (Wildman–Crippen LogP) is 4.78. The number of nitrogens with one attached hydrogen (secondary N) is 1. The Labute approximate surface area is 209 Å². The van der Waals surface area contributed by atoms with Gasteiger partial charge in [-0.3, -0.25) is 9.59 Å². The molecule has 0 radical (unpaired) electrons. The van der Waals surface area contributed by atoms with E-state index in [-0.39, 0.29) is 17.9 Å². The zero-order valence-electron chi connectivity index (χ0n) is 21.9. The van der Waals surface area contributed by atoms with Gasteiger partial charge in [-0.2, -0.15) is 0 Å². The highest BCUT2D eigenvalue weighted by atomic mass is 16.3. The van der Waals surface area contributed by atoms with E-state index < -0.39 is 5.54 Å². The molecule has 2 aromatic heterocycles. The summed E-state index contributed by atoms with van der Waals surface area (Å²) in [5.41, 5.74) is 0.476. The molecule has 1 unspecified atom stereocenters. The van der Waals surface area contributed by atoms with E-state index >= 15 is 0 Å². The van der Waals surface area contributed by atoms with Crippen LogP contribution in [0.5, 0.6) is 0 Å². The van der Waals surface area contributed by atoms with Crippen LogP contribution in [0.1, 0.15) is 76.7 Å². The van der Waals surface area contributed by atoms with E-state index in [0.717, 1.165) is 63.9 Å². The van der Waals surface area contributed by atoms with Gasteiger partial charge in [-0.25, -0.2) is 0 Å². The molecular formula is C28H42N4O3. The highest BCUT2D eigenvalue weighted by Gasteiger charge is 2.48. The lowest BCUT2D eigenvalue weighted by molar-refractivity contribution is -0.134. The van der Waals surface area contributed by atoms with Gasteiger partial charge in [0.25, 0.3) is 5.91 Å². The lowest BCUT2D eigenvalue weighted by atomic mass is 9.86. The molecule has 1 fully saturated rings. The second-order valence-corrected chi connectivity index (χ2v) is 10.6. The van der Waals surface area contributed by atoms with Crippen molar-refractivity contribution < 1.29 is 14.0 Å². The van der Waals surface area contributed by atoms with Crippen molar-refractivity contribution in [2.75, 3.05) is 26.2 Å². The number of likely N-dealkylation sites (N-methyl/N-ethyl adjacent to an activating group) is 1. The molecule has 7 nitrogen and oxygen atoms in total. The van der Waals surface area contributed by atoms with Crippen molar-refractivity contribution in [1.29, 1.82) is 0 Å². The fourth-order valence-electron chi connectivity index (χ4n) is 5.56. The number of aromatic nitrogens is 1. The van der Waals surface area contributed by atoms with Gasteiger partial charge in [-0.15, -0.1) is 0 Å². The Morgan fingerprint density at radius 2 is 1.89 bits per heavy atom. The molecule has 7 heteroatoms. The first-order valence-corrected chi connectivity index (χ1v) is 13.5. The average molecular weight is 483 g/mol. The fraction of sp³-hybridized carbons (Fsp3) is 0.643. The Balaban J connectivity index is 1.61. The molecule has 0 bridgehead atoms. The van der Waals surface area contributed by atoms with Crippen LogP contribution < -0.4 is 5.32 Å². The molecular weight excluding hydrogens is 440 g/mol. The number of hydrogen-bond donors (Lipinski definition) is 1. The van der Waals surface area contributed by atoms with Gasteiger partial charge in [0.05, 0.1) is 18.5 Å². The number of rotatable bonds is 10. The highest BCUT2D eigenvalue weighted by molar-refractivity contribution is 6.00. The van der Waals surface area contributed by atoms with Crippen LogP contribution in [0, 0.1) is 5.92 Å². The molecule has 1 atom stereocenters. The normalized spacial score (nSPS) is 24.6. The number of amides is 2. The number of carbonyl (C=O) groups excluding carboxylic acids is 2. The van der Waals surface area contributed by atoms with Crippen molar-refractivity contribution >= 4 is 11.8 Å². The van der Waals surface area contributed by atoms with Crippen molar-refractivity contribution in [2.45, 2.75) is 84.3 Å². The van der Waals surface area contributed by atoms with Gasteiger partial charge < -0.3 is 24.1 Å². The monoisotopic (exact) mass is 482 g/mol. The van der Waals surface area contributed by atoms with E-state index in [1.165, 1.54) is 0 Å². The van der Waals surface area contributed by atoms with Crippen LogP contribution in [-0.2, 0) is 11.3 Å². The van der Waals surface area contributed by atoms with Gasteiger partial charge in [-0.05, 0) is 82.3 Å². The number of fused-ring (bicyclic) bond motifs is 1. The minimum absolute atomic E-state index is 0.0493. The first-order chi connectivity index (χ1) is 16.9. The Bertz CT molecular complexity index is 990. The summed E-state index contributed by atoms with van der Waals surface area (Å²) in [5.74, 6) is 1.29. The van der Waals surface area contributed by atoms with Crippen molar-refractivity contribution in [1.82, 2.24) is 19.7 Å². The average Bonchev–Trinajstić information content (AvgIpc) is 3.52. The quantitative estimate of drug-likeness (QED) is 0.529. The van der Waals surface area contributed by atoms with E-state index in [1.54, 1.807) is 6.26 Å². The van der Waals surface area contributed by atoms with Crippen LogP contribution in [0.3, 0.4) is 0 Å². The molecule has 1 aliphatic carbocycles. The Morgan fingerprint density at radius 3 is 2.54 bits per heavy atom. The molecule has 2 amide bonds. The summed E-state index contributed by atoms with van der Waals surface area (Å²) in [4.78, 5) is 31.9. The summed E-state index contributed by atoms with van der Waals surface area (Å²) < 4.78 is 7.61. The van der Waals surface area contributed by atoms with Crippen molar-refractivity contribution in [3.8, 4) is 11.5 Å². The van der Waals surface area contributed by atoms with Crippen LogP contribution in [0.4, 0.5) is 0 Å². The number of hydrogen-bond acceptors (Lipinski definition) is 4. The van der Waals surface area contributed by atoms with Crippen LogP contribution in [0.25, 0.3) is 11.5 Å². The number of nitrogens with zero attached hydrogens (tertiary/aromatic N) is 3. The summed E-state index contributed by atoms with van der Waals surface area (Å²) >= 11 is 0. The first kappa shape index (κ1) is 25.5. The van der Waals surface area contributed by atoms with Gasteiger partial charge in [0.15, 0.2) is 0 Å². The van der Waals surface area contributed by atoms with Gasteiger partial charge in [0.1, 0.15) is 17.0 Å². The van der Waals surface area contributed by atoms with E-state index in [4.69, 9.17) is 4.42 Å². The maximum atomic E-state index is 13.9. The molecule has 35 heavy (non-hydrogen) atoms. The standard InChI is InChI=1S/C28H42N4O3/c1-5-7-16-30(6-2)17-18-32-26(33)24-15-14-23(25-9-8-19-35-25)31(24)20-28(32,4)27(34)29-22-12-10-21(3)11-13-22/h8-9,14-15,19,21-22H,5-7,10-13,16-18,20H2,1-4H3,(H,29,34). The van der Waals surface area contributed by atoms with Crippen molar-refractivity contribution in [2.24, 2.45) is 5.92 Å². The van der Waals surface area contributed by atoms with Crippen LogP contribution in [-0.4, -0.2) is 63.9 Å². The molecule has 1 aliphatic heterocycles. The molecule has 0 saturated heterocycles. The Kier molecular flexibility index (Phi) is 8.05. The molecule has 3 heterocycles. The molecule has 0 aromatic carbocycles. The Morgan fingerprint density at radius 1 is 1.14 bits per heavy atom. The topological polar surface area (TPSA) is 70.7 Å². The van der Waals surface area contributed by atoms with Gasteiger partial charge in [-0.1, -0.05) is 27.2 Å². The Hall–Kier alpha value is -2.54. The molecule has 0 spiro atoms. The van der Waals surface area contributed by atoms with Crippen LogP contribution in [0.2, 0.25) is 0 Å². The third-order valence-electron chi connectivity index (χ3n) is 8.04. The third kappa shape index (κ3) is 5.35. The molecule has 4 rings (SSSR count). The maximum absolute atomic E-state index is 13.9. The summed E-state index contributed by atoms with van der Waals surface area (Å²) in [5, 5.41) is 3.33. The summed E-state index contributed by atoms with van der Waals surface area (Å²) in [6.07, 6.45) is 8.19. The van der Waals surface area contributed by atoms with E-state index in [1.807, 2.05) is 40.7 Å². The van der Waals surface area contributed by atoms with Crippen LogP contribution in [0.15, 0.2) is 34.9 Å². The summed E-state index contributed by atoms with van der Waals surface area (Å²) in [6.45, 7) is 12.2. The second-order valence-electron chi connectivity index (χ2n) is 10.6. The fourth-order valence-corrected chi connectivity index (χ4v) is 5.56. The molecule has 192 valence electrons. The van der Waals surface area contributed by atoms with E-state index in [0.29, 0.717) is 30.5 Å². The maximum Gasteiger partial charge on any atom is 0.271 e. The minimum Gasteiger partial charge on any atom is -0.463 e. The van der Waals surface area contributed by atoms with Gasteiger partial charge in [0, 0.05) is 19.1 Å². The third-order valence-corrected chi connectivity index (χ3v) is 8.04. The largest absolute Gasteiger partial charge is 0.463 e. The van der Waals surface area contributed by atoms with Crippen molar-refractivity contribution in [3.05, 3.63) is 36.2 Å². The SMILES string of the molecule is CCCCN(CC)CCN1C(=O)c2ccc(-c3ccco3)n2CC1(C)C(=O)NC1CCC(C)CC1. The lowest BCUT2D eigenvalue weighted by Crippen LogP contribution is -2.66. The molecule has 1 N–H and O–H groups in total. The van der Waals surface area contributed by atoms with Crippen LogP contribution >= 0.6 is 0 Å². The predicted molar refractivity (Wildman–Crippen MR) is 138 cm³/mol. The first-order valence-electron chi connectivity index (χ1n) is 13.5.